The van der Waals surface area contributed by atoms with Crippen molar-refractivity contribution in [1.82, 2.24) is 10.2 Å². The maximum atomic E-state index is 5.70. The zero-order valence-corrected chi connectivity index (χ0v) is 13.9. The van der Waals surface area contributed by atoms with Gasteiger partial charge in [0.1, 0.15) is 5.75 Å². The van der Waals surface area contributed by atoms with Gasteiger partial charge in [-0.3, -0.25) is 4.99 Å². The van der Waals surface area contributed by atoms with Crippen LogP contribution in [0.1, 0.15) is 32.6 Å². The monoisotopic (exact) mass is 303 g/mol. The number of unbranched alkanes of at least 4 members (excludes halogenated alkanes) is 1. The molecular formula is C18H29N3O. The fourth-order valence-electron chi connectivity index (χ4n) is 2.85. The summed E-state index contributed by atoms with van der Waals surface area (Å²) < 4.78 is 5.70. The van der Waals surface area contributed by atoms with Crippen LogP contribution in [0.5, 0.6) is 5.75 Å². The molecule has 1 aromatic carbocycles. The molecule has 4 nitrogen and oxygen atoms in total. The second-order valence-corrected chi connectivity index (χ2v) is 6.04. The number of likely N-dealkylation sites (tertiary alicyclic amines) is 1. The van der Waals surface area contributed by atoms with Crippen molar-refractivity contribution < 1.29 is 4.74 Å². The van der Waals surface area contributed by atoms with Crippen LogP contribution in [0.3, 0.4) is 0 Å². The standard InChI is InChI=1S/C18H29N3O/c1-16-9-8-13-21(15-16)18(19-2)20-12-6-7-14-22-17-10-4-3-5-11-17/h3-5,10-11,16H,6-9,12-15H2,1-2H3,(H,19,20). The first-order valence-corrected chi connectivity index (χ1v) is 8.43. The molecule has 0 bridgehead atoms. The lowest BCUT2D eigenvalue weighted by molar-refractivity contribution is 0.265. The van der Waals surface area contributed by atoms with Crippen LogP contribution in [-0.2, 0) is 0 Å². The van der Waals surface area contributed by atoms with Gasteiger partial charge in [-0.1, -0.05) is 25.1 Å². The lowest BCUT2D eigenvalue weighted by Gasteiger charge is -2.33. The summed E-state index contributed by atoms with van der Waals surface area (Å²) in [7, 11) is 1.88. The summed E-state index contributed by atoms with van der Waals surface area (Å²) in [6.07, 6.45) is 4.75. The molecule has 1 unspecified atom stereocenters. The van der Waals surface area contributed by atoms with Crippen molar-refractivity contribution in [3.05, 3.63) is 30.3 Å². The van der Waals surface area contributed by atoms with Gasteiger partial charge in [0.25, 0.3) is 0 Å². The average molecular weight is 303 g/mol. The Morgan fingerprint density at radius 3 is 2.86 bits per heavy atom. The third-order valence-corrected chi connectivity index (χ3v) is 4.03. The highest BCUT2D eigenvalue weighted by atomic mass is 16.5. The van der Waals surface area contributed by atoms with Crippen molar-refractivity contribution in [1.29, 1.82) is 0 Å². The molecule has 0 aliphatic carbocycles. The van der Waals surface area contributed by atoms with E-state index in [0.717, 1.165) is 56.7 Å². The predicted octanol–water partition coefficient (Wildman–Crippen LogP) is 3.15. The fourth-order valence-corrected chi connectivity index (χ4v) is 2.85. The summed E-state index contributed by atoms with van der Waals surface area (Å²) in [5, 5.41) is 3.48. The van der Waals surface area contributed by atoms with E-state index in [2.05, 4.69) is 22.1 Å². The molecule has 0 saturated carbocycles. The molecule has 1 atom stereocenters. The number of nitrogens with zero attached hydrogens (tertiary/aromatic N) is 2. The number of hydrogen-bond donors (Lipinski definition) is 1. The summed E-state index contributed by atoms with van der Waals surface area (Å²) in [5.74, 6) is 2.77. The molecule has 1 aromatic rings. The number of ether oxygens (including phenoxy) is 1. The Morgan fingerprint density at radius 1 is 1.32 bits per heavy atom. The highest BCUT2D eigenvalue weighted by Gasteiger charge is 2.18. The molecule has 1 fully saturated rings. The van der Waals surface area contributed by atoms with Gasteiger partial charge in [-0.2, -0.15) is 0 Å². The minimum Gasteiger partial charge on any atom is -0.494 e. The average Bonchev–Trinajstić information content (AvgIpc) is 2.55. The van der Waals surface area contributed by atoms with Crippen LogP contribution in [0.2, 0.25) is 0 Å². The van der Waals surface area contributed by atoms with E-state index in [9.17, 15) is 0 Å². The Hall–Kier alpha value is -1.71. The van der Waals surface area contributed by atoms with Crippen molar-refractivity contribution in [2.75, 3.05) is 33.3 Å². The maximum absolute atomic E-state index is 5.70. The number of aliphatic imine (C=N–C) groups is 1. The Bertz CT molecular complexity index is 447. The first kappa shape index (κ1) is 16.7. The number of guanidine groups is 1. The van der Waals surface area contributed by atoms with Crippen molar-refractivity contribution >= 4 is 5.96 Å². The van der Waals surface area contributed by atoms with E-state index in [1.54, 1.807) is 0 Å². The van der Waals surface area contributed by atoms with Crippen LogP contribution in [-0.4, -0.2) is 44.1 Å². The van der Waals surface area contributed by atoms with Crippen LogP contribution >= 0.6 is 0 Å². The van der Waals surface area contributed by atoms with Crippen molar-refractivity contribution in [3.8, 4) is 5.75 Å². The maximum Gasteiger partial charge on any atom is 0.193 e. The molecule has 1 heterocycles. The molecule has 0 radical (unpaired) electrons. The molecule has 0 amide bonds. The van der Waals surface area contributed by atoms with Gasteiger partial charge >= 0.3 is 0 Å². The van der Waals surface area contributed by atoms with Gasteiger partial charge in [0.2, 0.25) is 0 Å². The molecule has 1 aliphatic heterocycles. The van der Waals surface area contributed by atoms with E-state index in [0.29, 0.717) is 0 Å². The number of benzene rings is 1. The molecule has 0 spiro atoms. The third-order valence-electron chi connectivity index (χ3n) is 4.03. The summed E-state index contributed by atoms with van der Waals surface area (Å²) in [6, 6.07) is 10.0. The second-order valence-electron chi connectivity index (χ2n) is 6.04. The number of rotatable bonds is 6. The Kier molecular flexibility index (Phi) is 7.07. The highest BCUT2D eigenvalue weighted by Crippen LogP contribution is 2.15. The van der Waals surface area contributed by atoms with Crippen LogP contribution in [0.15, 0.2) is 35.3 Å². The first-order chi connectivity index (χ1) is 10.8. The lowest BCUT2D eigenvalue weighted by atomic mass is 10.0. The van der Waals surface area contributed by atoms with E-state index >= 15 is 0 Å². The van der Waals surface area contributed by atoms with Crippen LogP contribution in [0, 0.1) is 5.92 Å². The normalized spacial score (nSPS) is 19.1. The topological polar surface area (TPSA) is 36.9 Å². The van der Waals surface area contributed by atoms with Crippen LogP contribution in [0.4, 0.5) is 0 Å². The molecule has 1 saturated heterocycles. The van der Waals surface area contributed by atoms with Gasteiger partial charge in [0.15, 0.2) is 5.96 Å². The molecule has 0 aromatic heterocycles. The fraction of sp³-hybridized carbons (Fsp3) is 0.611. The first-order valence-electron chi connectivity index (χ1n) is 8.43. The minimum atomic E-state index is 0.769. The largest absolute Gasteiger partial charge is 0.494 e. The minimum absolute atomic E-state index is 0.769. The Labute approximate surface area is 134 Å². The van der Waals surface area contributed by atoms with E-state index in [4.69, 9.17) is 4.74 Å². The molecular weight excluding hydrogens is 274 g/mol. The zero-order valence-electron chi connectivity index (χ0n) is 13.9. The number of piperidine rings is 1. The Balaban J connectivity index is 1.59. The third kappa shape index (κ3) is 5.58. The van der Waals surface area contributed by atoms with Gasteiger partial charge in [-0.05, 0) is 43.7 Å². The zero-order chi connectivity index (χ0) is 15.6. The van der Waals surface area contributed by atoms with Gasteiger partial charge in [0.05, 0.1) is 6.61 Å². The van der Waals surface area contributed by atoms with Gasteiger partial charge in [0, 0.05) is 26.7 Å². The second kappa shape index (κ2) is 9.34. The van der Waals surface area contributed by atoms with E-state index in [-0.39, 0.29) is 0 Å². The Morgan fingerprint density at radius 2 is 2.14 bits per heavy atom. The van der Waals surface area contributed by atoms with E-state index in [1.165, 1.54) is 12.8 Å². The molecule has 122 valence electrons. The summed E-state index contributed by atoms with van der Waals surface area (Å²) in [5.41, 5.74) is 0. The SMILES string of the molecule is CN=C(NCCCCOc1ccccc1)N1CCCC(C)C1. The molecule has 1 N–H and O–H groups in total. The molecule has 2 rings (SSSR count). The van der Waals surface area contributed by atoms with Gasteiger partial charge in [-0.15, -0.1) is 0 Å². The molecule has 22 heavy (non-hydrogen) atoms. The van der Waals surface area contributed by atoms with Crippen LogP contribution < -0.4 is 10.1 Å². The van der Waals surface area contributed by atoms with Crippen LogP contribution in [0.25, 0.3) is 0 Å². The van der Waals surface area contributed by atoms with Crippen molar-refractivity contribution in [3.63, 3.8) is 0 Å². The summed E-state index contributed by atoms with van der Waals surface area (Å²) in [4.78, 5) is 6.80. The lowest BCUT2D eigenvalue weighted by Crippen LogP contribution is -2.46. The highest BCUT2D eigenvalue weighted by molar-refractivity contribution is 5.79. The van der Waals surface area contributed by atoms with Gasteiger partial charge < -0.3 is 15.0 Å². The summed E-state index contributed by atoms with van der Waals surface area (Å²) >= 11 is 0. The smallest absolute Gasteiger partial charge is 0.193 e. The van der Waals surface area contributed by atoms with E-state index < -0.39 is 0 Å². The quantitative estimate of drug-likeness (QED) is 0.498. The van der Waals surface area contributed by atoms with Crippen molar-refractivity contribution in [2.24, 2.45) is 10.9 Å². The molecule has 1 aliphatic rings. The summed E-state index contributed by atoms with van der Waals surface area (Å²) in [6.45, 7) is 6.29. The predicted molar refractivity (Wildman–Crippen MR) is 92.5 cm³/mol. The number of hydrogen-bond acceptors (Lipinski definition) is 2. The number of para-hydroxylation sites is 1. The van der Waals surface area contributed by atoms with Crippen molar-refractivity contribution in [2.45, 2.75) is 32.6 Å². The van der Waals surface area contributed by atoms with E-state index in [1.807, 2.05) is 37.4 Å². The number of nitrogens with one attached hydrogen (secondary N) is 1. The molecule has 4 heteroatoms. The van der Waals surface area contributed by atoms with Gasteiger partial charge in [-0.25, -0.2) is 0 Å².